The van der Waals surface area contributed by atoms with E-state index in [-0.39, 0.29) is 24.3 Å². The number of nitrogens with one attached hydrogen (secondary N) is 2. The summed E-state index contributed by atoms with van der Waals surface area (Å²) in [6, 6.07) is 0. The Hall–Kier alpha value is -0.0951. The van der Waals surface area contributed by atoms with E-state index in [1.165, 1.54) is 0 Å². The predicted molar refractivity (Wildman–Crippen MR) is 60.7 cm³/mol. The van der Waals surface area contributed by atoms with Gasteiger partial charge < -0.3 is 19.9 Å². The van der Waals surface area contributed by atoms with Crippen LogP contribution < -0.4 is 10.6 Å². The number of hydrogen-bond donors (Lipinski definition) is 2. The molecule has 86 valence electrons. The quantitative estimate of drug-likeness (QED) is 0.608. The zero-order valence-electron chi connectivity index (χ0n) is 10.1. The molecule has 2 aliphatic rings. The molecule has 1 atom stereocenters. The molecule has 2 rings (SSSR count). The third-order valence-corrected chi connectivity index (χ3v) is 3.67. The molecule has 15 heavy (non-hydrogen) atoms. The molecule has 0 bridgehead atoms. The van der Waals surface area contributed by atoms with Crippen molar-refractivity contribution in [3.05, 3.63) is 0 Å². The van der Waals surface area contributed by atoms with Crippen molar-refractivity contribution in [2.24, 2.45) is 0 Å². The minimum atomic E-state index is -0.225. The van der Waals surface area contributed by atoms with Crippen LogP contribution in [0.1, 0.15) is 27.7 Å². The Kier molecular flexibility index (Phi) is 2.84. The Morgan fingerprint density at radius 2 is 1.67 bits per heavy atom. The molecular weight excluding hydrogens is 191 g/mol. The van der Waals surface area contributed by atoms with Gasteiger partial charge in [0, 0.05) is 19.6 Å². The second-order valence-electron chi connectivity index (χ2n) is 5.39. The SMILES string of the molecule is CC1(C)OB(C2CNCCN2)OC1(C)C. The molecule has 0 spiro atoms. The number of piperazine rings is 1. The van der Waals surface area contributed by atoms with Gasteiger partial charge in [0.25, 0.3) is 0 Å². The van der Waals surface area contributed by atoms with E-state index in [9.17, 15) is 0 Å². The van der Waals surface area contributed by atoms with E-state index >= 15 is 0 Å². The van der Waals surface area contributed by atoms with Crippen LogP contribution in [-0.4, -0.2) is 43.9 Å². The van der Waals surface area contributed by atoms with Gasteiger partial charge in [-0.15, -0.1) is 0 Å². The highest BCUT2D eigenvalue weighted by atomic mass is 16.7. The van der Waals surface area contributed by atoms with E-state index < -0.39 is 0 Å². The fourth-order valence-corrected chi connectivity index (χ4v) is 1.92. The molecule has 0 radical (unpaired) electrons. The lowest BCUT2D eigenvalue weighted by Crippen LogP contribution is -2.57. The van der Waals surface area contributed by atoms with Crippen molar-refractivity contribution in [2.75, 3.05) is 19.6 Å². The molecule has 2 heterocycles. The zero-order valence-corrected chi connectivity index (χ0v) is 10.1. The molecule has 0 saturated carbocycles. The summed E-state index contributed by atoms with van der Waals surface area (Å²) in [5.74, 6) is 0.264. The average Bonchev–Trinajstić information content (AvgIpc) is 2.38. The van der Waals surface area contributed by atoms with Gasteiger partial charge in [-0.3, -0.25) is 0 Å². The van der Waals surface area contributed by atoms with Crippen molar-refractivity contribution >= 4 is 7.12 Å². The van der Waals surface area contributed by atoms with Crippen molar-refractivity contribution in [2.45, 2.75) is 44.8 Å². The van der Waals surface area contributed by atoms with Crippen LogP contribution in [0.15, 0.2) is 0 Å². The van der Waals surface area contributed by atoms with Crippen LogP contribution in [0.2, 0.25) is 0 Å². The summed E-state index contributed by atoms with van der Waals surface area (Å²) in [6.45, 7) is 11.3. The first-order valence-electron chi connectivity index (χ1n) is 5.72. The maximum absolute atomic E-state index is 5.98. The molecule has 2 aliphatic heterocycles. The normalized spacial score (nSPS) is 34.4. The minimum absolute atomic E-state index is 0.136. The third kappa shape index (κ3) is 2.06. The van der Waals surface area contributed by atoms with E-state index in [1.807, 2.05) is 0 Å². The summed E-state index contributed by atoms with van der Waals surface area (Å²) in [5.41, 5.74) is -0.451. The van der Waals surface area contributed by atoms with Gasteiger partial charge in [0.2, 0.25) is 0 Å². The predicted octanol–water partition coefficient (Wildman–Crippen LogP) is 0.179. The van der Waals surface area contributed by atoms with Crippen LogP contribution in [-0.2, 0) is 9.31 Å². The van der Waals surface area contributed by atoms with Crippen LogP contribution in [0.3, 0.4) is 0 Å². The minimum Gasteiger partial charge on any atom is -0.402 e. The smallest absolute Gasteiger partial charge is 0.402 e. The molecular formula is C10H21BN2O2. The standard InChI is InChI=1S/C10H21BN2O2/c1-9(2)10(3,4)15-11(14-9)8-7-12-5-6-13-8/h8,12-13H,5-7H2,1-4H3. The Morgan fingerprint density at radius 3 is 2.13 bits per heavy atom. The Balaban J connectivity index is 2.02. The summed E-state index contributed by atoms with van der Waals surface area (Å²) in [4.78, 5) is 0. The summed E-state index contributed by atoms with van der Waals surface area (Å²) in [7, 11) is -0.136. The van der Waals surface area contributed by atoms with E-state index in [0.717, 1.165) is 19.6 Å². The van der Waals surface area contributed by atoms with Gasteiger partial charge in [-0.1, -0.05) is 0 Å². The van der Waals surface area contributed by atoms with Gasteiger partial charge in [0.15, 0.2) is 0 Å². The van der Waals surface area contributed by atoms with E-state index in [4.69, 9.17) is 9.31 Å². The first-order valence-corrected chi connectivity index (χ1v) is 5.72. The molecule has 2 N–H and O–H groups in total. The fraction of sp³-hybridized carbons (Fsp3) is 1.00. The van der Waals surface area contributed by atoms with Crippen LogP contribution in [0.5, 0.6) is 0 Å². The number of rotatable bonds is 1. The lowest BCUT2D eigenvalue weighted by Gasteiger charge is -2.32. The largest absolute Gasteiger partial charge is 0.477 e. The van der Waals surface area contributed by atoms with Crippen LogP contribution in [0.4, 0.5) is 0 Å². The molecule has 1 unspecified atom stereocenters. The summed E-state index contributed by atoms with van der Waals surface area (Å²) in [6.07, 6.45) is 0. The summed E-state index contributed by atoms with van der Waals surface area (Å²) >= 11 is 0. The van der Waals surface area contributed by atoms with E-state index in [0.29, 0.717) is 0 Å². The highest BCUT2D eigenvalue weighted by Gasteiger charge is 2.53. The van der Waals surface area contributed by atoms with Crippen LogP contribution in [0, 0.1) is 0 Å². The second kappa shape index (κ2) is 3.73. The fourth-order valence-electron chi connectivity index (χ4n) is 1.92. The van der Waals surface area contributed by atoms with Crippen LogP contribution >= 0.6 is 0 Å². The van der Waals surface area contributed by atoms with E-state index in [1.54, 1.807) is 0 Å². The first kappa shape index (κ1) is 11.4. The van der Waals surface area contributed by atoms with Gasteiger partial charge in [-0.05, 0) is 27.7 Å². The molecule has 0 aromatic heterocycles. The van der Waals surface area contributed by atoms with Gasteiger partial charge in [-0.2, -0.15) is 0 Å². The Bertz CT molecular complexity index is 224. The van der Waals surface area contributed by atoms with Crippen molar-refractivity contribution < 1.29 is 9.31 Å². The molecule has 0 aliphatic carbocycles. The van der Waals surface area contributed by atoms with Crippen molar-refractivity contribution in [1.82, 2.24) is 10.6 Å². The second-order valence-corrected chi connectivity index (χ2v) is 5.39. The lowest BCUT2D eigenvalue weighted by molar-refractivity contribution is 0.00578. The molecule has 5 heteroatoms. The van der Waals surface area contributed by atoms with Gasteiger partial charge >= 0.3 is 7.12 Å². The summed E-state index contributed by atoms with van der Waals surface area (Å²) < 4.78 is 12.0. The molecule has 2 fully saturated rings. The third-order valence-electron chi connectivity index (χ3n) is 3.67. The maximum atomic E-state index is 5.98. The maximum Gasteiger partial charge on any atom is 0.477 e. The Labute approximate surface area is 92.2 Å². The van der Waals surface area contributed by atoms with Crippen molar-refractivity contribution in [3.8, 4) is 0 Å². The van der Waals surface area contributed by atoms with Crippen molar-refractivity contribution in [1.29, 1.82) is 0 Å². The summed E-state index contributed by atoms with van der Waals surface area (Å²) in [5, 5.41) is 6.77. The zero-order chi connectivity index (χ0) is 11.1. The monoisotopic (exact) mass is 212 g/mol. The topological polar surface area (TPSA) is 42.5 Å². The highest BCUT2D eigenvalue weighted by molar-refractivity contribution is 6.47. The van der Waals surface area contributed by atoms with Gasteiger partial charge in [0.05, 0.1) is 17.1 Å². The van der Waals surface area contributed by atoms with Gasteiger partial charge in [-0.25, -0.2) is 0 Å². The van der Waals surface area contributed by atoms with Gasteiger partial charge in [0.1, 0.15) is 0 Å². The first-order chi connectivity index (χ1) is 6.92. The molecule has 4 nitrogen and oxygen atoms in total. The molecule has 0 amide bonds. The molecule has 0 aromatic rings. The molecule has 0 aromatic carbocycles. The van der Waals surface area contributed by atoms with Crippen molar-refractivity contribution in [3.63, 3.8) is 0 Å². The average molecular weight is 212 g/mol. The van der Waals surface area contributed by atoms with Crippen LogP contribution in [0.25, 0.3) is 0 Å². The lowest BCUT2D eigenvalue weighted by atomic mass is 9.77. The van der Waals surface area contributed by atoms with E-state index in [2.05, 4.69) is 38.3 Å². The number of hydrogen-bond acceptors (Lipinski definition) is 4. The highest BCUT2D eigenvalue weighted by Crippen LogP contribution is 2.37. The molecule has 2 saturated heterocycles. The Morgan fingerprint density at radius 1 is 1.07 bits per heavy atom.